The smallest absolute Gasteiger partial charge is 0.244 e. The molecular weight excluding hydrogens is 320 g/mol. The Kier molecular flexibility index (Phi) is 5.59. The first-order valence-corrected chi connectivity index (χ1v) is 9.17. The molecule has 6 heteroatoms. The predicted octanol–water partition coefficient (Wildman–Crippen LogP) is 3.17. The number of carbonyl (C=O) groups is 1. The summed E-state index contributed by atoms with van der Waals surface area (Å²) < 4.78 is 0. The Bertz CT molecular complexity index is 719. The summed E-state index contributed by atoms with van der Waals surface area (Å²) in [7, 11) is 0. The van der Waals surface area contributed by atoms with Crippen LogP contribution in [-0.2, 0) is 11.3 Å². The first-order valence-electron chi connectivity index (χ1n) is 8.29. The number of pyridine rings is 1. The molecule has 3 heterocycles. The molecular formula is C18H22N4OS. The molecule has 1 amide bonds. The van der Waals surface area contributed by atoms with Crippen LogP contribution in [0.3, 0.4) is 0 Å². The van der Waals surface area contributed by atoms with Crippen LogP contribution in [0.2, 0.25) is 0 Å². The normalized spacial score (nSPS) is 15.0. The highest BCUT2D eigenvalue weighted by Crippen LogP contribution is 2.21. The van der Waals surface area contributed by atoms with Gasteiger partial charge in [0.2, 0.25) is 5.91 Å². The number of amides is 1. The number of nitrogens with zero attached hydrogens (tertiary/aromatic N) is 3. The maximum Gasteiger partial charge on any atom is 0.244 e. The minimum Gasteiger partial charge on any atom is -0.356 e. The summed E-state index contributed by atoms with van der Waals surface area (Å²) in [5.41, 5.74) is 1.88. The van der Waals surface area contributed by atoms with Crippen molar-refractivity contribution in [2.75, 3.05) is 18.0 Å². The van der Waals surface area contributed by atoms with E-state index < -0.39 is 0 Å². The zero-order chi connectivity index (χ0) is 16.8. The number of nitrogens with one attached hydrogen (secondary N) is 1. The Balaban J connectivity index is 1.60. The SMILES string of the molecule is Cc1nc(/C=C\C(=O)NCc2cccnc2N2CCCCC2)cs1. The molecule has 0 aliphatic carbocycles. The standard InChI is InChI=1S/C18H22N4OS/c1-14-21-16(13-24-14)7-8-17(23)20-12-15-6-5-9-19-18(15)22-10-3-2-4-11-22/h5-9,13H,2-4,10-12H2,1H3,(H,20,23)/b8-7-. The number of carbonyl (C=O) groups excluding carboxylic acids is 1. The van der Waals surface area contributed by atoms with E-state index in [0.29, 0.717) is 6.54 Å². The Morgan fingerprint density at radius 1 is 1.38 bits per heavy atom. The second kappa shape index (κ2) is 8.06. The van der Waals surface area contributed by atoms with Gasteiger partial charge in [-0.1, -0.05) is 6.07 Å². The molecule has 1 aliphatic heterocycles. The molecule has 2 aromatic heterocycles. The van der Waals surface area contributed by atoms with E-state index in [9.17, 15) is 4.79 Å². The minimum absolute atomic E-state index is 0.117. The summed E-state index contributed by atoms with van der Waals surface area (Å²) in [5.74, 6) is 0.880. The Hall–Kier alpha value is -2.21. The van der Waals surface area contributed by atoms with E-state index in [1.54, 1.807) is 17.4 Å². The molecule has 1 fully saturated rings. The van der Waals surface area contributed by atoms with Crippen molar-refractivity contribution in [3.05, 3.63) is 46.1 Å². The highest BCUT2D eigenvalue weighted by Gasteiger charge is 2.15. The van der Waals surface area contributed by atoms with E-state index in [1.807, 2.05) is 30.6 Å². The summed E-state index contributed by atoms with van der Waals surface area (Å²) in [4.78, 5) is 23.2. The zero-order valence-corrected chi connectivity index (χ0v) is 14.7. The van der Waals surface area contributed by atoms with Crippen LogP contribution in [0.15, 0.2) is 29.8 Å². The molecule has 0 aromatic carbocycles. The average Bonchev–Trinajstić information content (AvgIpc) is 3.04. The largest absolute Gasteiger partial charge is 0.356 e. The first-order chi connectivity index (χ1) is 11.7. The molecule has 0 radical (unpaired) electrons. The predicted molar refractivity (Wildman–Crippen MR) is 98.0 cm³/mol. The molecule has 1 N–H and O–H groups in total. The van der Waals surface area contributed by atoms with E-state index in [0.717, 1.165) is 35.2 Å². The summed E-state index contributed by atoms with van der Waals surface area (Å²) >= 11 is 1.58. The van der Waals surface area contributed by atoms with Crippen molar-refractivity contribution in [3.8, 4) is 0 Å². The lowest BCUT2D eigenvalue weighted by atomic mass is 10.1. The lowest BCUT2D eigenvalue weighted by molar-refractivity contribution is -0.116. The summed E-state index contributed by atoms with van der Waals surface area (Å²) in [6, 6.07) is 3.95. The average molecular weight is 342 g/mol. The number of rotatable bonds is 5. The van der Waals surface area contributed by atoms with Crippen LogP contribution in [0.25, 0.3) is 6.08 Å². The fraction of sp³-hybridized carbons (Fsp3) is 0.389. The van der Waals surface area contributed by atoms with Crippen molar-refractivity contribution >= 4 is 29.1 Å². The summed E-state index contributed by atoms with van der Waals surface area (Å²) in [6.45, 7) is 4.52. The fourth-order valence-electron chi connectivity index (χ4n) is 2.82. The van der Waals surface area contributed by atoms with E-state index >= 15 is 0 Å². The van der Waals surface area contributed by atoms with E-state index in [4.69, 9.17) is 0 Å². The number of anilines is 1. The molecule has 126 valence electrons. The highest BCUT2D eigenvalue weighted by atomic mass is 32.1. The van der Waals surface area contributed by atoms with E-state index in [-0.39, 0.29) is 5.91 Å². The van der Waals surface area contributed by atoms with Crippen molar-refractivity contribution in [1.29, 1.82) is 0 Å². The number of piperidine rings is 1. The summed E-state index contributed by atoms with van der Waals surface area (Å²) in [5, 5.41) is 5.87. The topological polar surface area (TPSA) is 58.1 Å². The lowest BCUT2D eigenvalue weighted by Crippen LogP contribution is -2.32. The fourth-order valence-corrected chi connectivity index (χ4v) is 3.40. The van der Waals surface area contributed by atoms with Crippen LogP contribution in [0, 0.1) is 6.92 Å². The molecule has 1 aliphatic rings. The van der Waals surface area contributed by atoms with Gasteiger partial charge in [0.15, 0.2) is 0 Å². The van der Waals surface area contributed by atoms with Crippen molar-refractivity contribution in [3.63, 3.8) is 0 Å². The van der Waals surface area contributed by atoms with Gasteiger partial charge in [0.25, 0.3) is 0 Å². The third-order valence-corrected chi connectivity index (χ3v) is 4.81. The van der Waals surface area contributed by atoms with Crippen molar-refractivity contribution < 1.29 is 4.79 Å². The zero-order valence-electron chi connectivity index (χ0n) is 13.9. The van der Waals surface area contributed by atoms with Crippen LogP contribution in [-0.4, -0.2) is 29.0 Å². The molecule has 3 rings (SSSR count). The van der Waals surface area contributed by atoms with E-state index in [2.05, 4.69) is 20.2 Å². The van der Waals surface area contributed by atoms with Crippen LogP contribution in [0.5, 0.6) is 0 Å². The maximum atomic E-state index is 12.0. The van der Waals surface area contributed by atoms with Gasteiger partial charge in [0.1, 0.15) is 5.82 Å². The van der Waals surface area contributed by atoms with Gasteiger partial charge in [-0.25, -0.2) is 9.97 Å². The third-order valence-electron chi connectivity index (χ3n) is 4.02. The van der Waals surface area contributed by atoms with Gasteiger partial charge in [-0.15, -0.1) is 11.3 Å². The van der Waals surface area contributed by atoms with Crippen molar-refractivity contribution in [2.45, 2.75) is 32.7 Å². The molecule has 1 saturated heterocycles. The molecule has 24 heavy (non-hydrogen) atoms. The van der Waals surface area contributed by atoms with Gasteiger partial charge >= 0.3 is 0 Å². The molecule has 0 unspecified atom stereocenters. The molecule has 5 nitrogen and oxygen atoms in total. The molecule has 0 saturated carbocycles. The number of hydrogen-bond donors (Lipinski definition) is 1. The summed E-state index contributed by atoms with van der Waals surface area (Å²) in [6.07, 6.45) is 8.80. The molecule has 2 aromatic rings. The van der Waals surface area contributed by atoms with Crippen LogP contribution in [0.4, 0.5) is 5.82 Å². The Morgan fingerprint density at radius 3 is 2.96 bits per heavy atom. The highest BCUT2D eigenvalue weighted by molar-refractivity contribution is 7.09. The Morgan fingerprint density at radius 2 is 2.21 bits per heavy atom. The van der Waals surface area contributed by atoms with Crippen LogP contribution in [0.1, 0.15) is 35.5 Å². The number of hydrogen-bond acceptors (Lipinski definition) is 5. The first kappa shape index (κ1) is 16.6. The van der Waals surface area contributed by atoms with Gasteiger partial charge in [0.05, 0.1) is 10.7 Å². The van der Waals surface area contributed by atoms with Crippen LogP contribution < -0.4 is 10.2 Å². The maximum absolute atomic E-state index is 12.0. The van der Waals surface area contributed by atoms with Gasteiger partial charge < -0.3 is 10.2 Å². The molecule has 0 bridgehead atoms. The van der Waals surface area contributed by atoms with Gasteiger partial charge in [0, 0.05) is 42.9 Å². The molecule has 0 spiro atoms. The van der Waals surface area contributed by atoms with Gasteiger partial charge in [-0.05, 0) is 38.3 Å². The number of thiazole rings is 1. The monoisotopic (exact) mass is 342 g/mol. The van der Waals surface area contributed by atoms with Crippen LogP contribution >= 0.6 is 11.3 Å². The minimum atomic E-state index is -0.117. The third kappa shape index (κ3) is 4.41. The van der Waals surface area contributed by atoms with Gasteiger partial charge in [-0.3, -0.25) is 4.79 Å². The van der Waals surface area contributed by atoms with Crippen molar-refractivity contribution in [2.24, 2.45) is 0 Å². The molecule has 0 atom stereocenters. The van der Waals surface area contributed by atoms with Gasteiger partial charge in [-0.2, -0.15) is 0 Å². The lowest BCUT2D eigenvalue weighted by Gasteiger charge is -2.29. The second-order valence-corrected chi connectivity index (χ2v) is 6.94. The number of aryl methyl sites for hydroxylation is 1. The Labute approximate surface area is 146 Å². The quantitative estimate of drug-likeness (QED) is 0.848. The van der Waals surface area contributed by atoms with E-state index in [1.165, 1.54) is 25.3 Å². The van der Waals surface area contributed by atoms with Crippen molar-refractivity contribution in [1.82, 2.24) is 15.3 Å². The second-order valence-electron chi connectivity index (χ2n) is 5.88. The number of aromatic nitrogens is 2.